The van der Waals surface area contributed by atoms with Crippen LogP contribution in [-0.4, -0.2) is 26.9 Å². The van der Waals surface area contributed by atoms with Crippen molar-refractivity contribution >= 4 is 5.91 Å². The number of hydrogen-bond donors (Lipinski definition) is 2. The van der Waals surface area contributed by atoms with Crippen LogP contribution in [0.15, 0.2) is 30.6 Å². The molecule has 1 aromatic carbocycles. The number of aliphatic hydroxyl groups is 1. The van der Waals surface area contributed by atoms with E-state index in [-0.39, 0.29) is 24.0 Å². The summed E-state index contributed by atoms with van der Waals surface area (Å²) in [6.07, 6.45) is 9.60. The smallest absolute Gasteiger partial charge is 0.251 e. The van der Waals surface area contributed by atoms with Crippen LogP contribution in [0.2, 0.25) is 0 Å². The molecule has 2 aliphatic rings. The fourth-order valence-electron chi connectivity index (χ4n) is 4.08. The third-order valence-electron chi connectivity index (χ3n) is 5.60. The molecule has 2 N–H and O–H groups in total. The molecule has 0 aliphatic heterocycles. The minimum atomic E-state index is -0.246. The molecule has 1 amide bonds. The van der Waals surface area contributed by atoms with E-state index in [9.17, 15) is 9.90 Å². The molecule has 2 aromatic rings. The Kier molecular flexibility index (Phi) is 4.34. The number of aryl methyl sites for hydroxylation is 3. The highest BCUT2D eigenvalue weighted by Crippen LogP contribution is 2.38. The summed E-state index contributed by atoms with van der Waals surface area (Å²) in [5.74, 6) is 0.226. The molecule has 1 saturated carbocycles. The van der Waals surface area contributed by atoms with Crippen LogP contribution in [0.1, 0.15) is 58.8 Å². The first-order valence-corrected chi connectivity index (χ1v) is 9.19. The van der Waals surface area contributed by atoms with Gasteiger partial charge in [-0.15, -0.1) is 0 Å². The Morgan fingerprint density at radius 1 is 1.28 bits per heavy atom. The van der Waals surface area contributed by atoms with E-state index in [0.717, 1.165) is 36.8 Å². The standard InChI is InChI=1S/C20H25N3O2/c1-23-12-17(11-21-23)19(16-9-18(24)10-16)22-20(25)15-7-6-13-4-2-3-5-14(13)8-15/h6-8,11-12,16,18-19,24H,2-5,9-10H2,1H3,(H,22,25)/t16?,18?,19-/m1/s1. The minimum absolute atomic E-state index is 0.0383. The normalized spacial score (nSPS) is 23.4. The lowest BCUT2D eigenvalue weighted by atomic mass is 9.75. The lowest BCUT2D eigenvalue weighted by Crippen LogP contribution is -2.41. The zero-order chi connectivity index (χ0) is 17.4. The minimum Gasteiger partial charge on any atom is -0.393 e. The van der Waals surface area contributed by atoms with E-state index in [2.05, 4.69) is 22.5 Å². The Labute approximate surface area is 148 Å². The van der Waals surface area contributed by atoms with Crippen LogP contribution in [0.4, 0.5) is 0 Å². The monoisotopic (exact) mass is 339 g/mol. The van der Waals surface area contributed by atoms with Gasteiger partial charge in [-0.05, 0) is 67.7 Å². The topological polar surface area (TPSA) is 67.2 Å². The Morgan fingerprint density at radius 3 is 2.72 bits per heavy atom. The molecule has 1 atom stereocenters. The molecule has 25 heavy (non-hydrogen) atoms. The van der Waals surface area contributed by atoms with Gasteiger partial charge in [0.1, 0.15) is 0 Å². The van der Waals surface area contributed by atoms with Gasteiger partial charge in [-0.25, -0.2) is 0 Å². The fourth-order valence-corrected chi connectivity index (χ4v) is 4.08. The molecule has 0 unspecified atom stereocenters. The third-order valence-corrected chi connectivity index (χ3v) is 5.60. The summed E-state index contributed by atoms with van der Waals surface area (Å²) < 4.78 is 1.75. The molecule has 2 aliphatic carbocycles. The van der Waals surface area contributed by atoms with Crippen molar-refractivity contribution in [3.8, 4) is 0 Å². The summed E-state index contributed by atoms with van der Waals surface area (Å²) in [4.78, 5) is 12.8. The molecule has 1 aromatic heterocycles. The maximum Gasteiger partial charge on any atom is 0.251 e. The first kappa shape index (κ1) is 16.3. The van der Waals surface area contributed by atoms with Gasteiger partial charge in [-0.3, -0.25) is 9.48 Å². The van der Waals surface area contributed by atoms with Gasteiger partial charge in [-0.1, -0.05) is 6.07 Å². The van der Waals surface area contributed by atoms with E-state index in [1.165, 1.54) is 24.0 Å². The quantitative estimate of drug-likeness (QED) is 0.899. The molecule has 0 radical (unpaired) electrons. The number of amides is 1. The summed E-state index contributed by atoms with van der Waals surface area (Å²) in [6, 6.07) is 6.01. The zero-order valence-corrected chi connectivity index (χ0v) is 14.6. The average Bonchev–Trinajstić information content (AvgIpc) is 3.03. The maximum atomic E-state index is 12.8. The Hall–Kier alpha value is -2.14. The predicted molar refractivity (Wildman–Crippen MR) is 95.2 cm³/mol. The number of rotatable bonds is 4. The molecule has 5 heteroatoms. The number of hydrogen-bond acceptors (Lipinski definition) is 3. The second-order valence-electron chi connectivity index (χ2n) is 7.47. The van der Waals surface area contributed by atoms with Crippen molar-refractivity contribution in [2.75, 3.05) is 0 Å². The summed E-state index contributed by atoms with van der Waals surface area (Å²) in [7, 11) is 1.88. The van der Waals surface area contributed by atoms with Gasteiger partial charge in [0.2, 0.25) is 0 Å². The van der Waals surface area contributed by atoms with Crippen molar-refractivity contribution in [2.24, 2.45) is 13.0 Å². The molecule has 0 bridgehead atoms. The van der Waals surface area contributed by atoms with Gasteiger partial charge in [0.05, 0.1) is 18.3 Å². The van der Waals surface area contributed by atoms with Gasteiger partial charge in [-0.2, -0.15) is 5.10 Å². The molecule has 1 fully saturated rings. The van der Waals surface area contributed by atoms with Crippen molar-refractivity contribution in [3.05, 3.63) is 52.8 Å². The van der Waals surface area contributed by atoms with E-state index in [1.807, 2.05) is 25.5 Å². The van der Waals surface area contributed by atoms with E-state index in [0.29, 0.717) is 0 Å². The van der Waals surface area contributed by atoms with Crippen LogP contribution in [0, 0.1) is 5.92 Å². The molecular weight excluding hydrogens is 314 g/mol. The summed E-state index contributed by atoms with van der Waals surface area (Å²) in [6.45, 7) is 0. The zero-order valence-electron chi connectivity index (χ0n) is 14.6. The number of nitrogens with zero attached hydrogens (tertiary/aromatic N) is 2. The van der Waals surface area contributed by atoms with E-state index < -0.39 is 0 Å². The second kappa shape index (κ2) is 6.64. The highest BCUT2D eigenvalue weighted by molar-refractivity contribution is 5.94. The van der Waals surface area contributed by atoms with Crippen LogP contribution < -0.4 is 5.32 Å². The first-order valence-electron chi connectivity index (χ1n) is 9.19. The van der Waals surface area contributed by atoms with E-state index in [1.54, 1.807) is 4.68 Å². The second-order valence-corrected chi connectivity index (χ2v) is 7.47. The largest absolute Gasteiger partial charge is 0.393 e. The molecule has 5 nitrogen and oxygen atoms in total. The highest BCUT2D eigenvalue weighted by atomic mass is 16.3. The fraction of sp³-hybridized carbons (Fsp3) is 0.500. The predicted octanol–water partition coefficient (Wildman–Crippen LogP) is 2.54. The van der Waals surface area contributed by atoms with Crippen LogP contribution in [-0.2, 0) is 19.9 Å². The lowest BCUT2D eigenvalue weighted by molar-refractivity contribution is 0.0235. The van der Waals surface area contributed by atoms with Crippen LogP contribution in [0.25, 0.3) is 0 Å². The van der Waals surface area contributed by atoms with Gasteiger partial charge >= 0.3 is 0 Å². The van der Waals surface area contributed by atoms with Crippen molar-refractivity contribution in [2.45, 2.75) is 50.7 Å². The van der Waals surface area contributed by atoms with Crippen LogP contribution in [0.3, 0.4) is 0 Å². The first-order chi connectivity index (χ1) is 12.1. The number of carbonyl (C=O) groups excluding carboxylic acids is 1. The van der Waals surface area contributed by atoms with Gasteiger partial charge < -0.3 is 10.4 Å². The average molecular weight is 339 g/mol. The molecular formula is C20H25N3O2. The maximum absolute atomic E-state index is 12.8. The SMILES string of the molecule is Cn1cc([C@H](NC(=O)c2ccc3c(c2)CCCC3)C2CC(O)C2)cn1. The van der Waals surface area contributed by atoms with E-state index in [4.69, 9.17) is 0 Å². The summed E-state index contributed by atoms with van der Waals surface area (Å²) in [5, 5.41) is 17.1. The Morgan fingerprint density at radius 2 is 2.04 bits per heavy atom. The van der Waals surface area contributed by atoms with Crippen LogP contribution in [0.5, 0.6) is 0 Å². The molecule has 4 rings (SSSR count). The number of fused-ring (bicyclic) bond motifs is 1. The van der Waals surface area contributed by atoms with Crippen molar-refractivity contribution < 1.29 is 9.90 Å². The number of carbonyl (C=O) groups is 1. The summed E-state index contributed by atoms with van der Waals surface area (Å²) in [5.41, 5.74) is 4.43. The lowest BCUT2D eigenvalue weighted by Gasteiger charge is -2.37. The number of nitrogens with one attached hydrogen (secondary N) is 1. The van der Waals surface area contributed by atoms with Crippen molar-refractivity contribution in [1.82, 2.24) is 15.1 Å². The number of benzene rings is 1. The highest BCUT2D eigenvalue weighted by Gasteiger charge is 2.36. The van der Waals surface area contributed by atoms with Gasteiger partial charge in [0, 0.05) is 24.4 Å². The Bertz CT molecular complexity index is 777. The number of aromatic nitrogens is 2. The number of aliphatic hydroxyl groups excluding tert-OH is 1. The van der Waals surface area contributed by atoms with Crippen molar-refractivity contribution in [1.29, 1.82) is 0 Å². The van der Waals surface area contributed by atoms with Crippen LogP contribution >= 0.6 is 0 Å². The third kappa shape index (κ3) is 3.33. The summed E-state index contributed by atoms with van der Waals surface area (Å²) >= 11 is 0. The molecule has 0 spiro atoms. The molecule has 0 saturated heterocycles. The molecule has 132 valence electrons. The molecule has 1 heterocycles. The van der Waals surface area contributed by atoms with E-state index >= 15 is 0 Å². The van der Waals surface area contributed by atoms with Gasteiger partial charge in [0.25, 0.3) is 5.91 Å². The van der Waals surface area contributed by atoms with Crippen molar-refractivity contribution in [3.63, 3.8) is 0 Å². The Balaban J connectivity index is 1.54. The van der Waals surface area contributed by atoms with Gasteiger partial charge in [0.15, 0.2) is 0 Å².